The van der Waals surface area contributed by atoms with E-state index in [1.165, 1.54) is 0 Å². The van der Waals surface area contributed by atoms with Gasteiger partial charge in [-0.05, 0) is 26.3 Å². The SMILES string of the molecule is CCCC(C)O[C@@H]1C=C(C(=O)OCC)C[C@@H]2O[C@@H]21. The largest absolute Gasteiger partial charge is 0.463 e. The average Bonchev–Trinajstić information content (AvgIpc) is 3.09. The predicted octanol–water partition coefficient (Wildman–Crippen LogP) is 2.22. The summed E-state index contributed by atoms with van der Waals surface area (Å²) in [5, 5.41) is 0. The van der Waals surface area contributed by atoms with Crippen LogP contribution < -0.4 is 0 Å². The average molecular weight is 254 g/mol. The Balaban J connectivity index is 1.96. The molecule has 1 aliphatic carbocycles. The molecule has 0 amide bonds. The van der Waals surface area contributed by atoms with Crippen molar-refractivity contribution in [2.75, 3.05) is 6.61 Å². The van der Waals surface area contributed by atoms with Gasteiger partial charge in [0.1, 0.15) is 12.2 Å². The standard InChI is InChI=1S/C14H22O4/c1-4-6-9(3)17-11-7-10(14(15)16-5-2)8-12-13(11)18-12/h7,9,11-13H,4-6,8H2,1-3H3/t9?,11-,12+,13-/m1/s1. The van der Waals surface area contributed by atoms with E-state index in [1.807, 2.05) is 13.0 Å². The smallest absolute Gasteiger partial charge is 0.333 e. The van der Waals surface area contributed by atoms with Gasteiger partial charge in [-0.25, -0.2) is 4.79 Å². The lowest BCUT2D eigenvalue weighted by atomic mass is 9.97. The summed E-state index contributed by atoms with van der Waals surface area (Å²) < 4.78 is 16.5. The molecule has 4 nitrogen and oxygen atoms in total. The second-order valence-electron chi connectivity index (χ2n) is 4.96. The molecular weight excluding hydrogens is 232 g/mol. The van der Waals surface area contributed by atoms with Gasteiger partial charge < -0.3 is 14.2 Å². The maximum Gasteiger partial charge on any atom is 0.333 e. The molecule has 18 heavy (non-hydrogen) atoms. The number of ether oxygens (including phenoxy) is 3. The molecule has 0 saturated carbocycles. The molecule has 0 aromatic rings. The fourth-order valence-electron chi connectivity index (χ4n) is 2.42. The lowest BCUT2D eigenvalue weighted by Crippen LogP contribution is -2.29. The fraction of sp³-hybridized carbons (Fsp3) is 0.786. The minimum absolute atomic E-state index is 0.0929. The Kier molecular flexibility index (Phi) is 4.40. The topological polar surface area (TPSA) is 48.1 Å². The van der Waals surface area contributed by atoms with Crippen LogP contribution in [0.2, 0.25) is 0 Å². The van der Waals surface area contributed by atoms with E-state index in [0.717, 1.165) is 12.8 Å². The van der Waals surface area contributed by atoms with Crippen LogP contribution in [0.3, 0.4) is 0 Å². The number of esters is 1. The van der Waals surface area contributed by atoms with Crippen molar-refractivity contribution in [3.05, 3.63) is 11.6 Å². The normalized spacial score (nSPS) is 31.3. The van der Waals surface area contributed by atoms with Crippen LogP contribution in [0.15, 0.2) is 11.6 Å². The predicted molar refractivity (Wildman–Crippen MR) is 67.2 cm³/mol. The molecule has 102 valence electrons. The molecule has 0 bridgehead atoms. The Labute approximate surface area is 108 Å². The van der Waals surface area contributed by atoms with Gasteiger partial charge in [-0.3, -0.25) is 0 Å². The highest BCUT2D eigenvalue weighted by atomic mass is 16.6. The summed E-state index contributed by atoms with van der Waals surface area (Å²) in [7, 11) is 0. The molecule has 2 aliphatic rings. The molecule has 0 N–H and O–H groups in total. The van der Waals surface area contributed by atoms with Crippen LogP contribution in [-0.4, -0.2) is 37.0 Å². The van der Waals surface area contributed by atoms with Crippen molar-refractivity contribution in [2.24, 2.45) is 0 Å². The van der Waals surface area contributed by atoms with Gasteiger partial charge in [0.25, 0.3) is 0 Å². The molecule has 1 heterocycles. The Morgan fingerprint density at radius 2 is 2.33 bits per heavy atom. The van der Waals surface area contributed by atoms with E-state index in [-0.39, 0.29) is 30.4 Å². The molecule has 1 unspecified atom stereocenters. The van der Waals surface area contributed by atoms with Crippen LogP contribution in [0, 0.1) is 0 Å². The van der Waals surface area contributed by atoms with Crippen LogP contribution in [-0.2, 0) is 19.0 Å². The fourth-order valence-corrected chi connectivity index (χ4v) is 2.42. The first-order valence-electron chi connectivity index (χ1n) is 6.84. The van der Waals surface area contributed by atoms with Crippen molar-refractivity contribution in [1.29, 1.82) is 0 Å². The Morgan fingerprint density at radius 1 is 1.56 bits per heavy atom. The second kappa shape index (κ2) is 5.85. The van der Waals surface area contributed by atoms with Crippen molar-refractivity contribution in [2.45, 2.75) is 64.4 Å². The summed E-state index contributed by atoms with van der Waals surface area (Å²) in [5.74, 6) is -0.233. The quantitative estimate of drug-likeness (QED) is 0.538. The molecule has 4 heteroatoms. The molecule has 0 spiro atoms. The van der Waals surface area contributed by atoms with Crippen LogP contribution in [0.1, 0.15) is 40.0 Å². The van der Waals surface area contributed by atoms with Gasteiger partial charge in [-0.15, -0.1) is 0 Å². The van der Waals surface area contributed by atoms with E-state index in [4.69, 9.17) is 14.2 Å². The second-order valence-corrected chi connectivity index (χ2v) is 4.96. The van der Waals surface area contributed by atoms with Gasteiger partial charge in [-0.1, -0.05) is 13.3 Å². The first-order chi connectivity index (χ1) is 8.65. The molecule has 2 rings (SSSR count). The van der Waals surface area contributed by atoms with Gasteiger partial charge in [0.2, 0.25) is 0 Å². The van der Waals surface area contributed by atoms with Gasteiger partial charge in [0, 0.05) is 12.0 Å². The van der Waals surface area contributed by atoms with Crippen LogP contribution in [0.4, 0.5) is 0 Å². The molecule has 1 saturated heterocycles. The number of carbonyl (C=O) groups excluding carboxylic acids is 1. The Hall–Kier alpha value is -0.870. The highest BCUT2D eigenvalue weighted by Crippen LogP contribution is 2.38. The van der Waals surface area contributed by atoms with Gasteiger partial charge in [0.05, 0.1) is 18.8 Å². The van der Waals surface area contributed by atoms with E-state index in [1.54, 1.807) is 0 Å². The first-order valence-corrected chi connectivity index (χ1v) is 6.84. The van der Waals surface area contributed by atoms with Crippen molar-refractivity contribution in [3.63, 3.8) is 0 Å². The number of fused-ring (bicyclic) bond motifs is 1. The minimum atomic E-state index is -0.233. The number of epoxide rings is 1. The van der Waals surface area contributed by atoms with Crippen LogP contribution >= 0.6 is 0 Å². The molecule has 1 aliphatic heterocycles. The van der Waals surface area contributed by atoms with Crippen LogP contribution in [0.25, 0.3) is 0 Å². The van der Waals surface area contributed by atoms with Gasteiger partial charge in [-0.2, -0.15) is 0 Å². The van der Waals surface area contributed by atoms with E-state index >= 15 is 0 Å². The van der Waals surface area contributed by atoms with Gasteiger partial charge >= 0.3 is 5.97 Å². The van der Waals surface area contributed by atoms with E-state index in [2.05, 4.69) is 13.8 Å². The lowest BCUT2D eigenvalue weighted by Gasteiger charge is -2.21. The maximum atomic E-state index is 11.7. The molecule has 4 atom stereocenters. The third kappa shape index (κ3) is 3.12. The summed E-state index contributed by atoms with van der Waals surface area (Å²) in [6.07, 6.45) is 5.06. The van der Waals surface area contributed by atoms with E-state index < -0.39 is 0 Å². The summed E-state index contributed by atoms with van der Waals surface area (Å²) >= 11 is 0. The van der Waals surface area contributed by atoms with Crippen LogP contribution in [0.5, 0.6) is 0 Å². The third-order valence-corrected chi connectivity index (χ3v) is 3.35. The molecule has 0 radical (unpaired) electrons. The Bertz CT molecular complexity index is 337. The summed E-state index contributed by atoms with van der Waals surface area (Å²) in [4.78, 5) is 11.7. The summed E-state index contributed by atoms with van der Waals surface area (Å²) in [6.45, 7) is 6.42. The number of hydrogen-bond acceptors (Lipinski definition) is 4. The summed E-state index contributed by atoms with van der Waals surface area (Å²) in [5.41, 5.74) is 0.698. The third-order valence-electron chi connectivity index (χ3n) is 3.35. The molecule has 0 aromatic heterocycles. The van der Waals surface area contributed by atoms with Crippen molar-refractivity contribution in [1.82, 2.24) is 0 Å². The van der Waals surface area contributed by atoms with Crippen molar-refractivity contribution >= 4 is 5.97 Å². The lowest BCUT2D eigenvalue weighted by molar-refractivity contribution is -0.138. The number of hydrogen-bond donors (Lipinski definition) is 0. The number of carbonyl (C=O) groups is 1. The zero-order valence-corrected chi connectivity index (χ0v) is 11.3. The minimum Gasteiger partial charge on any atom is -0.463 e. The van der Waals surface area contributed by atoms with Crippen molar-refractivity contribution < 1.29 is 19.0 Å². The molecule has 0 aromatic carbocycles. The van der Waals surface area contributed by atoms with E-state index in [9.17, 15) is 4.79 Å². The zero-order chi connectivity index (χ0) is 13.1. The highest BCUT2D eigenvalue weighted by Gasteiger charge is 2.49. The molecule has 1 fully saturated rings. The highest BCUT2D eigenvalue weighted by molar-refractivity contribution is 5.89. The monoisotopic (exact) mass is 254 g/mol. The summed E-state index contributed by atoms with van der Waals surface area (Å²) in [6, 6.07) is 0. The van der Waals surface area contributed by atoms with Crippen molar-refractivity contribution in [3.8, 4) is 0 Å². The van der Waals surface area contributed by atoms with Gasteiger partial charge in [0.15, 0.2) is 0 Å². The zero-order valence-electron chi connectivity index (χ0n) is 11.3. The number of rotatable bonds is 6. The maximum absolute atomic E-state index is 11.7. The molecular formula is C14H22O4. The Morgan fingerprint density at radius 3 is 3.00 bits per heavy atom. The first kappa shape index (κ1) is 13.6. The van der Waals surface area contributed by atoms with E-state index in [0.29, 0.717) is 18.6 Å².